The lowest BCUT2D eigenvalue weighted by Gasteiger charge is -2.36. The van der Waals surface area contributed by atoms with E-state index in [-0.39, 0.29) is 79.4 Å². The zero-order valence-corrected chi connectivity index (χ0v) is 65.6. The maximum Gasteiger partial charge on any atom is 0.260 e. The second-order valence-corrected chi connectivity index (χ2v) is 28.6. The molecule has 1 fully saturated rings. The van der Waals surface area contributed by atoms with Crippen molar-refractivity contribution in [2.24, 2.45) is 16.8 Å². The quantitative estimate of drug-likeness (QED) is 0.0227. The normalized spacial score (nSPS) is 18.2. The van der Waals surface area contributed by atoms with Crippen molar-refractivity contribution < 1.29 is 101 Å². The van der Waals surface area contributed by atoms with Crippen molar-refractivity contribution >= 4 is 58.7 Å². The van der Waals surface area contributed by atoms with Gasteiger partial charge >= 0.3 is 0 Å². The first-order valence-corrected chi connectivity index (χ1v) is 39.3. The smallest absolute Gasteiger partial charge is 0.260 e. The number of aliphatic hydroxyl groups excluding tert-OH is 2. The summed E-state index contributed by atoms with van der Waals surface area (Å²) >= 11 is 0. The Bertz CT molecular complexity index is 3440. The lowest BCUT2D eigenvalue weighted by atomic mass is 9.92. The molecule has 4 heterocycles. The molecule has 3 aromatic rings. The summed E-state index contributed by atoms with van der Waals surface area (Å²) in [5.74, 6) is -0.206. The van der Waals surface area contributed by atoms with Crippen LogP contribution in [-0.2, 0) is 68.4 Å². The van der Waals surface area contributed by atoms with Gasteiger partial charge in [-0.05, 0) is 107 Å². The molecule has 1 saturated carbocycles. The van der Waals surface area contributed by atoms with E-state index < -0.39 is 54.4 Å². The molecule has 29 heteroatoms. The van der Waals surface area contributed by atoms with Crippen LogP contribution in [0, 0.1) is 11.8 Å². The number of amides is 6. The summed E-state index contributed by atoms with van der Waals surface area (Å²) in [7, 11) is 2.99. The zero-order chi connectivity index (χ0) is 78.4. The first-order valence-electron chi connectivity index (χ1n) is 39.3. The molecule has 610 valence electrons. The third-order valence-electron chi connectivity index (χ3n) is 19.6. The van der Waals surface area contributed by atoms with Gasteiger partial charge in [-0.1, -0.05) is 88.5 Å². The standard InChI is InChI=1S/C81H120N8O21/c1-56(2)75(86-73(90)25-29-100-31-33-102-35-37-104-39-41-106-43-44-107-42-40-105-38-36-103-34-32-101-30-26-82-74(91)47-60-19-15-12-10-8-9-11-13-16-20-60)77(93)84-59(5)76(92)85-62-23-21-61(22-24-62)55-110-81(97)89-67-51-72(70(99-7)49-65(67)79(95)88-54-58(4)46-68(88)80(89)96)109-28-18-14-17-27-108-71-50-66-64(48-69(71)98-6)78(94)87-53-57(3)45-63(87)52-83-66/h21-24,48-54,56,59-60,63,68,75,80-81,96-97H,8-20,25-47,55H2,1-7H3,(H,82,91)(H,84,93)(H,85,92)(H,86,90). The van der Waals surface area contributed by atoms with Gasteiger partial charge in [0.25, 0.3) is 11.8 Å². The van der Waals surface area contributed by atoms with Crippen LogP contribution in [0.3, 0.4) is 0 Å². The lowest BCUT2D eigenvalue weighted by Crippen LogP contribution is -2.53. The first-order chi connectivity index (χ1) is 53.4. The molecule has 4 aliphatic heterocycles. The molecule has 110 heavy (non-hydrogen) atoms. The van der Waals surface area contributed by atoms with Crippen molar-refractivity contribution in [3.8, 4) is 23.0 Å². The van der Waals surface area contributed by atoms with Crippen molar-refractivity contribution in [1.29, 1.82) is 0 Å². The minimum atomic E-state index is -1.76. The fourth-order valence-electron chi connectivity index (χ4n) is 13.5. The first kappa shape index (κ1) is 87.8. The summed E-state index contributed by atoms with van der Waals surface area (Å²) in [5, 5.41) is 35.2. The largest absolute Gasteiger partial charge is 0.493 e. The summed E-state index contributed by atoms with van der Waals surface area (Å²) in [6, 6.07) is 10.3. The van der Waals surface area contributed by atoms with Gasteiger partial charge in [-0.15, -0.1) is 0 Å². The molecule has 8 rings (SSSR count). The zero-order valence-electron chi connectivity index (χ0n) is 65.6. The van der Waals surface area contributed by atoms with E-state index >= 15 is 0 Å². The highest BCUT2D eigenvalue weighted by atomic mass is 16.6. The number of rotatable bonds is 49. The van der Waals surface area contributed by atoms with Crippen LogP contribution >= 0.6 is 0 Å². The van der Waals surface area contributed by atoms with E-state index in [1.165, 1.54) is 88.4 Å². The molecule has 5 aliphatic rings. The third-order valence-corrected chi connectivity index (χ3v) is 19.6. The number of unbranched alkanes of at least 4 members (excludes halogenated alkanes) is 2. The van der Waals surface area contributed by atoms with Gasteiger partial charge in [-0.25, -0.2) is 0 Å². The van der Waals surface area contributed by atoms with Gasteiger partial charge in [0.05, 0.1) is 174 Å². The number of hydrogen-bond donors (Lipinski definition) is 6. The van der Waals surface area contributed by atoms with Gasteiger partial charge in [-0.3, -0.25) is 38.7 Å². The van der Waals surface area contributed by atoms with Crippen LogP contribution in [0.5, 0.6) is 23.0 Å². The summed E-state index contributed by atoms with van der Waals surface area (Å²) in [6.07, 6.45) is 18.6. The molecule has 6 atom stereocenters. The Morgan fingerprint density at radius 2 is 1.07 bits per heavy atom. The molecule has 0 saturated heterocycles. The van der Waals surface area contributed by atoms with Gasteiger partial charge in [0.2, 0.25) is 30.0 Å². The predicted molar refractivity (Wildman–Crippen MR) is 413 cm³/mol. The maximum absolute atomic E-state index is 14.3. The Labute approximate surface area is 648 Å². The van der Waals surface area contributed by atoms with Crippen molar-refractivity contribution in [2.75, 3.05) is 150 Å². The molecule has 6 amide bonds. The number of benzene rings is 3. The Morgan fingerprint density at radius 1 is 0.564 bits per heavy atom. The summed E-state index contributed by atoms with van der Waals surface area (Å²) in [5.41, 5.74) is 4.24. The molecule has 0 aromatic heterocycles. The number of carbonyl (C=O) groups excluding carboxylic acids is 6. The predicted octanol–water partition coefficient (Wildman–Crippen LogP) is 9.06. The number of aliphatic hydroxyl groups is 2. The highest BCUT2D eigenvalue weighted by Gasteiger charge is 2.45. The highest BCUT2D eigenvalue weighted by Crippen LogP contribution is 2.43. The number of ether oxygens (including phenoxy) is 13. The summed E-state index contributed by atoms with van der Waals surface area (Å²) in [6.45, 7) is 16.2. The molecule has 0 spiro atoms. The molecular weight excluding hydrogens is 1420 g/mol. The average Bonchev–Trinajstić information content (AvgIpc) is 1.59. The van der Waals surface area contributed by atoms with Crippen molar-refractivity contribution in [3.63, 3.8) is 0 Å². The summed E-state index contributed by atoms with van der Waals surface area (Å²) in [4.78, 5) is 89.0. The van der Waals surface area contributed by atoms with Crippen molar-refractivity contribution in [3.05, 3.63) is 88.8 Å². The van der Waals surface area contributed by atoms with Gasteiger partial charge in [0.15, 0.2) is 29.2 Å². The molecule has 29 nitrogen and oxygen atoms in total. The molecular formula is C81H120N8O21. The topological polar surface area (TPSA) is 333 Å². The Kier molecular flexibility index (Phi) is 38.4. The van der Waals surface area contributed by atoms with Crippen LogP contribution in [-0.4, -0.2) is 238 Å². The molecule has 1 aliphatic carbocycles. The molecule has 6 N–H and O–H groups in total. The van der Waals surface area contributed by atoms with Gasteiger partial charge in [0.1, 0.15) is 12.1 Å². The van der Waals surface area contributed by atoms with E-state index in [0.29, 0.717) is 178 Å². The lowest BCUT2D eigenvalue weighted by molar-refractivity contribution is -0.132. The van der Waals surface area contributed by atoms with Crippen LogP contribution in [0.25, 0.3) is 0 Å². The van der Waals surface area contributed by atoms with Gasteiger partial charge < -0.3 is 103 Å². The number of nitrogens with one attached hydrogen (secondary N) is 4. The van der Waals surface area contributed by atoms with Gasteiger partial charge in [0, 0.05) is 55.8 Å². The number of hydrogen-bond acceptors (Lipinski definition) is 23. The van der Waals surface area contributed by atoms with E-state index in [9.17, 15) is 39.0 Å². The average molecular weight is 1540 g/mol. The molecule has 0 radical (unpaired) electrons. The van der Waals surface area contributed by atoms with E-state index in [0.717, 1.165) is 30.4 Å². The SMILES string of the molecule is COc1cc2c(cc1OCCCCCOc1cc3c(cc1OC)C(=O)N1C=C(C)CC1C(O)N3C(O)OCc1ccc(NC(=O)C(C)NC(=O)C(NC(=O)CCOCCOCCOCCOCCOCCOCCOCCOCCNC(=O)CC3CCCCCCCCCC3)C(C)C)cc1)N=CC1CC(C)=CN1C2=O. The van der Waals surface area contributed by atoms with E-state index in [4.69, 9.17) is 61.6 Å². The number of anilines is 2. The Balaban J connectivity index is 0.638. The fourth-order valence-corrected chi connectivity index (χ4v) is 13.5. The van der Waals surface area contributed by atoms with Crippen LogP contribution < -0.4 is 45.1 Å². The summed E-state index contributed by atoms with van der Waals surface area (Å²) < 4.78 is 74.4. The van der Waals surface area contributed by atoms with Crippen LogP contribution in [0.15, 0.2) is 77.1 Å². The van der Waals surface area contributed by atoms with E-state index in [1.54, 1.807) is 73.6 Å². The van der Waals surface area contributed by atoms with E-state index in [2.05, 4.69) is 26.3 Å². The highest BCUT2D eigenvalue weighted by molar-refractivity contribution is 6.05. The maximum atomic E-state index is 14.3. The minimum Gasteiger partial charge on any atom is -0.493 e. The molecule has 3 aromatic carbocycles. The van der Waals surface area contributed by atoms with Crippen molar-refractivity contribution in [2.45, 2.75) is 187 Å². The Morgan fingerprint density at radius 3 is 1.64 bits per heavy atom. The van der Waals surface area contributed by atoms with Crippen molar-refractivity contribution in [1.82, 2.24) is 25.8 Å². The second-order valence-electron chi connectivity index (χ2n) is 28.6. The number of fused-ring (bicyclic) bond motifs is 4. The van der Waals surface area contributed by atoms with E-state index in [1.807, 2.05) is 20.0 Å². The monoisotopic (exact) mass is 1540 g/mol. The van der Waals surface area contributed by atoms with Crippen LogP contribution in [0.2, 0.25) is 0 Å². The van der Waals surface area contributed by atoms with Crippen LogP contribution in [0.1, 0.15) is 170 Å². The minimum absolute atomic E-state index is 0.00205. The number of aliphatic imine (C=N–C) groups is 1. The van der Waals surface area contributed by atoms with Gasteiger partial charge in [-0.2, -0.15) is 0 Å². The third kappa shape index (κ3) is 28.7. The second kappa shape index (κ2) is 48.2. The molecule has 6 unspecified atom stereocenters. The Hall–Kier alpha value is -7.81. The number of methoxy groups -OCH3 is 2. The van der Waals surface area contributed by atoms with Crippen LogP contribution in [0.4, 0.5) is 17.1 Å². The number of carbonyl (C=O) groups is 6. The fraction of sp³-hybridized carbons (Fsp3) is 0.642. The number of nitrogens with zero attached hydrogens (tertiary/aromatic N) is 4. The molecule has 0 bridgehead atoms.